The molecular formula is C13H16BrNO3. The fraction of sp³-hybridized carbons (Fsp3) is 0.462. The number of hydrogen-bond donors (Lipinski definition) is 1. The maximum Gasteiger partial charge on any atom is 0.257 e. The molecule has 1 heterocycles. The van der Waals surface area contributed by atoms with Gasteiger partial charge in [-0.15, -0.1) is 0 Å². The number of amides is 1. The van der Waals surface area contributed by atoms with Gasteiger partial charge < -0.3 is 14.7 Å². The fourth-order valence-electron chi connectivity index (χ4n) is 2.04. The van der Waals surface area contributed by atoms with Gasteiger partial charge >= 0.3 is 0 Å². The number of rotatable bonds is 2. The van der Waals surface area contributed by atoms with Crippen LogP contribution in [0.3, 0.4) is 0 Å². The SMILES string of the molecule is COc1ccc(C(=O)N2CCC(Br)CC2)c(O)c1. The number of phenols is 1. The first-order chi connectivity index (χ1) is 8.61. The molecule has 1 amide bonds. The number of aromatic hydroxyl groups is 1. The van der Waals surface area contributed by atoms with Gasteiger partial charge in [0, 0.05) is 24.0 Å². The second kappa shape index (κ2) is 5.61. The smallest absolute Gasteiger partial charge is 0.257 e. The molecule has 98 valence electrons. The number of alkyl halides is 1. The predicted molar refractivity (Wildman–Crippen MR) is 72.5 cm³/mol. The predicted octanol–water partition coefficient (Wildman–Crippen LogP) is 2.40. The number of likely N-dealkylation sites (tertiary alicyclic amines) is 1. The number of benzene rings is 1. The molecule has 1 aromatic carbocycles. The lowest BCUT2D eigenvalue weighted by Crippen LogP contribution is -2.38. The molecule has 18 heavy (non-hydrogen) atoms. The third-order valence-corrected chi connectivity index (χ3v) is 4.06. The average Bonchev–Trinajstić information content (AvgIpc) is 2.38. The van der Waals surface area contributed by atoms with E-state index in [-0.39, 0.29) is 11.7 Å². The molecule has 0 saturated carbocycles. The Morgan fingerprint density at radius 2 is 2.11 bits per heavy atom. The molecule has 1 aromatic rings. The summed E-state index contributed by atoms with van der Waals surface area (Å²) < 4.78 is 5.00. The van der Waals surface area contributed by atoms with Crippen molar-refractivity contribution >= 4 is 21.8 Å². The van der Waals surface area contributed by atoms with E-state index in [2.05, 4.69) is 15.9 Å². The van der Waals surface area contributed by atoms with E-state index in [1.807, 2.05) is 0 Å². The minimum Gasteiger partial charge on any atom is -0.507 e. The summed E-state index contributed by atoms with van der Waals surface area (Å²) in [6, 6.07) is 4.76. The lowest BCUT2D eigenvalue weighted by molar-refractivity contribution is 0.0725. The van der Waals surface area contributed by atoms with Gasteiger partial charge in [0.25, 0.3) is 5.91 Å². The Bertz CT molecular complexity index is 442. The molecule has 2 rings (SSSR count). The number of phenolic OH excluding ortho intramolecular Hbond substituents is 1. The van der Waals surface area contributed by atoms with Gasteiger partial charge in [-0.05, 0) is 25.0 Å². The summed E-state index contributed by atoms with van der Waals surface area (Å²) in [7, 11) is 1.52. The van der Waals surface area contributed by atoms with Crippen molar-refractivity contribution in [2.24, 2.45) is 0 Å². The Morgan fingerprint density at radius 1 is 1.44 bits per heavy atom. The van der Waals surface area contributed by atoms with E-state index >= 15 is 0 Å². The Balaban J connectivity index is 2.13. The van der Waals surface area contributed by atoms with Gasteiger partial charge in [-0.2, -0.15) is 0 Å². The van der Waals surface area contributed by atoms with Crippen molar-refractivity contribution in [2.75, 3.05) is 20.2 Å². The van der Waals surface area contributed by atoms with E-state index in [0.717, 1.165) is 25.9 Å². The molecule has 1 N–H and O–H groups in total. The monoisotopic (exact) mass is 313 g/mol. The third kappa shape index (κ3) is 2.77. The summed E-state index contributed by atoms with van der Waals surface area (Å²) in [5.41, 5.74) is 0.337. The molecule has 1 saturated heterocycles. The van der Waals surface area contributed by atoms with Crippen LogP contribution in [-0.4, -0.2) is 40.9 Å². The van der Waals surface area contributed by atoms with Crippen LogP contribution in [-0.2, 0) is 0 Å². The van der Waals surface area contributed by atoms with Gasteiger partial charge in [-0.3, -0.25) is 4.79 Å². The molecule has 0 radical (unpaired) electrons. The quantitative estimate of drug-likeness (QED) is 0.853. The van der Waals surface area contributed by atoms with Crippen LogP contribution >= 0.6 is 15.9 Å². The summed E-state index contributed by atoms with van der Waals surface area (Å²) in [4.78, 5) is 14.5. The van der Waals surface area contributed by atoms with Crippen molar-refractivity contribution in [3.05, 3.63) is 23.8 Å². The van der Waals surface area contributed by atoms with E-state index in [4.69, 9.17) is 4.74 Å². The average molecular weight is 314 g/mol. The van der Waals surface area contributed by atoms with Crippen molar-refractivity contribution in [2.45, 2.75) is 17.7 Å². The molecule has 0 unspecified atom stereocenters. The molecule has 0 aliphatic carbocycles. The molecule has 0 atom stereocenters. The van der Waals surface area contributed by atoms with Crippen molar-refractivity contribution in [3.8, 4) is 11.5 Å². The number of methoxy groups -OCH3 is 1. The van der Waals surface area contributed by atoms with Crippen molar-refractivity contribution in [3.63, 3.8) is 0 Å². The number of carbonyl (C=O) groups excluding carboxylic acids is 1. The number of ether oxygens (including phenoxy) is 1. The zero-order valence-corrected chi connectivity index (χ0v) is 11.8. The molecule has 0 spiro atoms. The second-order valence-electron chi connectivity index (χ2n) is 4.35. The lowest BCUT2D eigenvalue weighted by Gasteiger charge is -2.29. The van der Waals surface area contributed by atoms with Crippen molar-refractivity contribution in [1.82, 2.24) is 4.90 Å². The largest absolute Gasteiger partial charge is 0.507 e. The zero-order valence-electron chi connectivity index (χ0n) is 10.2. The van der Waals surface area contributed by atoms with E-state index in [9.17, 15) is 9.90 Å². The van der Waals surface area contributed by atoms with Crippen LogP contribution in [0.25, 0.3) is 0 Å². The number of carbonyl (C=O) groups is 1. The van der Waals surface area contributed by atoms with Crippen molar-refractivity contribution < 1.29 is 14.6 Å². The van der Waals surface area contributed by atoms with Crippen LogP contribution in [0, 0.1) is 0 Å². The standard InChI is InChI=1S/C13H16BrNO3/c1-18-10-2-3-11(12(16)8-10)13(17)15-6-4-9(14)5-7-15/h2-3,8-9,16H,4-7H2,1H3. The third-order valence-electron chi connectivity index (χ3n) is 3.15. The number of hydrogen-bond acceptors (Lipinski definition) is 3. The molecule has 1 fully saturated rings. The first kappa shape index (κ1) is 13.2. The van der Waals surface area contributed by atoms with Crippen molar-refractivity contribution in [1.29, 1.82) is 0 Å². The lowest BCUT2D eigenvalue weighted by atomic mass is 10.1. The minimum absolute atomic E-state index is 0.0275. The van der Waals surface area contributed by atoms with Gasteiger partial charge in [-0.1, -0.05) is 15.9 Å². The number of piperidine rings is 1. The highest BCUT2D eigenvalue weighted by Crippen LogP contribution is 2.26. The molecule has 1 aliphatic rings. The van der Waals surface area contributed by atoms with Crippen LogP contribution in [0.1, 0.15) is 23.2 Å². The maximum absolute atomic E-state index is 12.2. The van der Waals surface area contributed by atoms with Gasteiger partial charge in [0.15, 0.2) is 0 Å². The van der Waals surface area contributed by atoms with Crippen LogP contribution in [0.2, 0.25) is 0 Å². The highest BCUT2D eigenvalue weighted by atomic mass is 79.9. The fourth-order valence-corrected chi connectivity index (χ4v) is 2.45. The van der Waals surface area contributed by atoms with Crippen LogP contribution in [0.15, 0.2) is 18.2 Å². The first-order valence-corrected chi connectivity index (χ1v) is 6.83. The summed E-state index contributed by atoms with van der Waals surface area (Å²) in [5, 5.41) is 9.84. The summed E-state index contributed by atoms with van der Waals surface area (Å²) in [6.07, 6.45) is 1.89. The Morgan fingerprint density at radius 3 is 2.67 bits per heavy atom. The van der Waals surface area contributed by atoms with Crippen LogP contribution in [0.4, 0.5) is 0 Å². The Labute approximate surface area is 115 Å². The van der Waals surface area contributed by atoms with Crippen LogP contribution < -0.4 is 4.74 Å². The van der Waals surface area contributed by atoms with Crippen LogP contribution in [0.5, 0.6) is 11.5 Å². The number of nitrogens with zero attached hydrogens (tertiary/aromatic N) is 1. The molecule has 4 nitrogen and oxygen atoms in total. The van der Waals surface area contributed by atoms with E-state index in [0.29, 0.717) is 16.1 Å². The summed E-state index contributed by atoms with van der Waals surface area (Å²) in [6.45, 7) is 1.44. The molecule has 1 aliphatic heterocycles. The van der Waals surface area contributed by atoms with Gasteiger partial charge in [0.2, 0.25) is 0 Å². The highest BCUT2D eigenvalue weighted by Gasteiger charge is 2.24. The van der Waals surface area contributed by atoms with Gasteiger partial charge in [0.1, 0.15) is 11.5 Å². The maximum atomic E-state index is 12.2. The minimum atomic E-state index is -0.116. The normalized spacial score (nSPS) is 16.7. The Hall–Kier alpha value is -1.23. The second-order valence-corrected chi connectivity index (χ2v) is 5.64. The summed E-state index contributed by atoms with van der Waals surface area (Å²) in [5.74, 6) is 0.401. The Kier molecular flexibility index (Phi) is 4.11. The van der Waals surface area contributed by atoms with Gasteiger partial charge in [0.05, 0.1) is 12.7 Å². The topological polar surface area (TPSA) is 49.8 Å². The molecule has 0 aromatic heterocycles. The van der Waals surface area contributed by atoms with Gasteiger partial charge in [-0.25, -0.2) is 0 Å². The highest BCUT2D eigenvalue weighted by molar-refractivity contribution is 9.09. The molecule has 0 bridgehead atoms. The van der Waals surface area contributed by atoms with E-state index in [1.165, 1.54) is 13.2 Å². The zero-order chi connectivity index (χ0) is 13.1. The van der Waals surface area contributed by atoms with E-state index < -0.39 is 0 Å². The molecular weight excluding hydrogens is 298 g/mol. The summed E-state index contributed by atoms with van der Waals surface area (Å²) >= 11 is 3.55. The first-order valence-electron chi connectivity index (χ1n) is 5.92. The molecule has 5 heteroatoms. The number of halogens is 1. The van der Waals surface area contributed by atoms with E-state index in [1.54, 1.807) is 17.0 Å².